The van der Waals surface area contributed by atoms with Gasteiger partial charge in [-0.3, -0.25) is 4.79 Å². The molecule has 1 rings (SSSR count). The van der Waals surface area contributed by atoms with Crippen LogP contribution in [-0.4, -0.2) is 25.8 Å². The molecule has 0 fully saturated rings. The molecular weight excluding hydrogens is 254 g/mol. The standard InChI is InChI=1S/C11H17N3OS2/c1-6(2)5-14-11-9(16-4)7(12)8(17-11)10(15)13-3/h14H,1,5,12H2,2-4H3,(H,13,15). The van der Waals surface area contributed by atoms with Crippen molar-refractivity contribution in [2.24, 2.45) is 0 Å². The normalized spacial score (nSPS) is 10.1. The first-order valence-corrected chi connectivity index (χ1v) is 7.12. The van der Waals surface area contributed by atoms with Crippen molar-refractivity contribution >= 4 is 39.7 Å². The van der Waals surface area contributed by atoms with Crippen LogP contribution < -0.4 is 16.4 Å². The Morgan fingerprint density at radius 3 is 2.71 bits per heavy atom. The lowest BCUT2D eigenvalue weighted by atomic mass is 10.3. The Hall–Kier alpha value is -1.14. The van der Waals surface area contributed by atoms with Crippen LogP contribution in [-0.2, 0) is 0 Å². The van der Waals surface area contributed by atoms with Crippen LogP contribution in [0, 0.1) is 0 Å². The van der Waals surface area contributed by atoms with Gasteiger partial charge in [0.25, 0.3) is 5.91 Å². The number of nitrogens with one attached hydrogen (secondary N) is 2. The van der Waals surface area contributed by atoms with E-state index in [1.54, 1.807) is 7.05 Å². The number of thiophene rings is 1. The van der Waals surface area contributed by atoms with Crippen molar-refractivity contribution in [3.63, 3.8) is 0 Å². The number of hydrogen-bond donors (Lipinski definition) is 3. The van der Waals surface area contributed by atoms with Gasteiger partial charge in [-0.2, -0.15) is 0 Å². The van der Waals surface area contributed by atoms with Crippen LogP contribution >= 0.6 is 23.1 Å². The van der Waals surface area contributed by atoms with Crippen LogP contribution in [0.5, 0.6) is 0 Å². The molecule has 0 aliphatic heterocycles. The summed E-state index contributed by atoms with van der Waals surface area (Å²) < 4.78 is 0. The second-order valence-corrected chi connectivity index (χ2v) is 5.43. The minimum atomic E-state index is -0.147. The summed E-state index contributed by atoms with van der Waals surface area (Å²) in [6, 6.07) is 0. The minimum Gasteiger partial charge on any atom is -0.396 e. The lowest BCUT2D eigenvalue weighted by Crippen LogP contribution is -2.17. The van der Waals surface area contributed by atoms with Crippen molar-refractivity contribution in [1.29, 1.82) is 0 Å². The van der Waals surface area contributed by atoms with Gasteiger partial charge in [0.2, 0.25) is 0 Å². The van der Waals surface area contributed by atoms with Crippen molar-refractivity contribution in [3.05, 3.63) is 17.0 Å². The third-order valence-corrected chi connectivity index (χ3v) is 4.21. The number of amides is 1. The molecule has 0 atom stereocenters. The highest BCUT2D eigenvalue weighted by molar-refractivity contribution is 7.99. The molecule has 0 saturated heterocycles. The number of anilines is 2. The number of nitrogen functional groups attached to an aromatic ring is 1. The highest BCUT2D eigenvalue weighted by Crippen LogP contribution is 2.41. The van der Waals surface area contributed by atoms with Crippen LogP contribution in [0.2, 0.25) is 0 Å². The molecule has 1 aromatic heterocycles. The summed E-state index contributed by atoms with van der Waals surface area (Å²) in [6.45, 7) is 6.46. The zero-order valence-electron chi connectivity index (χ0n) is 10.2. The minimum absolute atomic E-state index is 0.147. The lowest BCUT2D eigenvalue weighted by Gasteiger charge is -2.05. The van der Waals surface area contributed by atoms with Gasteiger partial charge >= 0.3 is 0 Å². The van der Waals surface area contributed by atoms with E-state index in [4.69, 9.17) is 5.73 Å². The molecule has 4 nitrogen and oxygen atoms in total. The molecule has 0 aromatic carbocycles. The topological polar surface area (TPSA) is 67.2 Å². The molecule has 1 amide bonds. The number of thioether (sulfide) groups is 1. The first kappa shape index (κ1) is 13.9. The number of nitrogens with two attached hydrogens (primary N) is 1. The maximum absolute atomic E-state index is 11.6. The van der Waals surface area contributed by atoms with Crippen LogP contribution in [0.3, 0.4) is 0 Å². The highest BCUT2D eigenvalue weighted by Gasteiger charge is 2.19. The Bertz CT molecular complexity index is 440. The van der Waals surface area contributed by atoms with E-state index >= 15 is 0 Å². The summed E-state index contributed by atoms with van der Waals surface area (Å²) in [5.41, 5.74) is 7.54. The monoisotopic (exact) mass is 271 g/mol. The van der Waals surface area contributed by atoms with Gasteiger partial charge in [-0.05, 0) is 13.2 Å². The van der Waals surface area contributed by atoms with E-state index < -0.39 is 0 Å². The SMILES string of the molecule is C=C(C)CNc1sc(C(=O)NC)c(N)c1SC. The molecular formula is C11H17N3OS2. The Balaban J connectivity index is 3.04. The van der Waals surface area contributed by atoms with Gasteiger partial charge in [-0.15, -0.1) is 23.1 Å². The molecule has 0 unspecified atom stereocenters. The molecule has 0 radical (unpaired) electrons. The molecule has 1 aromatic rings. The zero-order valence-corrected chi connectivity index (χ0v) is 11.8. The van der Waals surface area contributed by atoms with Gasteiger partial charge in [0.1, 0.15) is 9.88 Å². The Labute approximate surface area is 110 Å². The second kappa shape index (κ2) is 5.97. The maximum Gasteiger partial charge on any atom is 0.263 e. The summed E-state index contributed by atoms with van der Waals surface area (Å²) in [7, 11) is 1.60. The number of carbonyl (C=O) groups excluding carboxylic acids is 1. The van der Waals surface area contributed by atoms with Gasteiger partial charge in [0.15, 0.2) is 0 Å². The van der Waals surface area contributed by atoms with E-state index in [9.17, 15) is 4.79 Å². The van der Waals surface area contributed by atoms with E-state index in [-0.39, 0.29) is 5.91 Å². The summed E-state index contributed by atoms with van der Waals surface area (Å²) >= 11 is 2.91. The van der Waals surface area contributed by atoms with Crippen LogP contribution in [0.1, 0.15) is 16.6 Å². The third-order valence-electron chi connectivity index (χ3n) is 2.09. The third kappa shape index (κ3) is 3.17. The summed E-state index contributed by atoms with van der Waals surface area (Å²) in [5, 5.41) is 6.76. The molecule has 17 heavy (non-hydrogen) atoms. The van der Waals surface area contributed by atoms with Crippen molar-refractivity contribution in [1.82, 2.24) is 5.32 Å². The van der Waals surface area contributed by atoms with Gasteiger partial charge < -0.3 is 16.4 Å². The fraction of sp³-hybridized carbons (Fsp3) is 0.364. The van der Waals surface area contributed by atoms with Gasteiger partial charge in [-0.1, -0.05) is 12.2 Å². The fourth-order valence-corrected chi connectivity index (χ4v) is 3.24. The van der Waals surface area contributed by atoms with Crippen molar-refractivity contribution in [3.8, 4) is 0 Å². The molecule has 0 aliphatic rings. The van der Waals surface area contributed by atoms with Gasteiger partial charge in [-0.25, -0.2) is 0 Å². The molecule has 4 N–H and O–H groups in total. The molecule has 0 aliphatic carbocycles. The Kier molecular flexibility index (Phi) is 4.89. The summed E-state index contributed by atoms with van der Waals surface area (Å²) in [4.78, 5) is 13.1. The van der Waals surface area contributed by atoms with Crippen LogP contribution in [0.15, 0.2) is 17.0 Å². The zero-order chi connectivity index (χ0) is 13.0. The number of rotatable bonds is 5. The van der Waals surface area contributed by atoms with Crippen LogP contribution in [0.4, 0.5) is 10.7 Å². The Morgan fingerprint density at radius 2 is 2.24 bits per heavy atom. The van der Waals surface area contributed by atoms with Gasteiger partial charge in [0, 0.05) is 13.6 Å². The quantitative estimate of drug-likeness (QED) is 0.568. The lowest BCUT2D eigenvalue weighted by molar-refractivity contribution is 0.0968. The Morgan fingerprint density at radius 1 is 1.59 bits per heavy atom. The molecule has 0 saturated carbocycles. The first-order valence-electron chi connectivity index (χ1n) is 5.07. The molecule has 0 spiro atoms. The molecule has 94 valence electrons. The average Bonchev–Trinajstić information content (AvgIpc) is 2.62. The number of hydrogen-bond acceptors (Lipinski definition) is 5. The summed E-state index contributed by atoms with van der Waals surface area (Å²) in [5.74, 6) is -0.147. The molecule has 1 heterocycles. The smallest absolute Gasteiger partial charge is 0.263 e. The van der Waals surface area contributed by atoms with Crippen molar-refractivity contribution in [2.75, 3.05) is 30.9 Å². The average molecular weight is 271 g/mol. The van der Waals surface area contributed by atoms with Gasteiger partial charge in [0.05, 0.1) is 10.6 Å². The van der Waals surface area contributed by atoms with Crippen molar-refractivity contribution in [2.45, 2.75) is 11.8 Å². The maximum atomic E-state index is 11.6. The predicted octanol–water partition coefficient (Wildman–Crippen LogP) is 2.40. The first-order chi connectivity index (χ1) is 8.01. The number of carbonyl (C=O) groups is 1. The molecule has 6 heteroatoms. The highest BCUT2D eigenvalue weighted by atomic mass is 32.2. The summed E-state index contributed by atoms with van der Waals surface area (Å²) in [6.07, 6.45) is 1.94. The fourth-order valence-electron chi connectivity index (χ4n) is 1.26. The van der Waals surface area contributed by atoms with E-state index in [0.717, 1.165) is 15.5 Å². The van der Waals surface area contributed by atoms with E-state index in [0.29, 0.717) is 17.1 Å². The molecule has 0 bridgehead atoms. The largest absolute Gasteiger partial charge is 0.396 e. The van der Waals surface area contributed by atoms with E-state index in [1.807, 2.05) is 13.2 Å². The van der Waals surface area contributed by atoms with Crippen LogP contribution in [0.25, 0.3) is 0 Å². The second-order valence-electron chi connectivity index (χ2n) is 3.60. The predicted molar refractivity (Wildman–Crippen MR) is 77.2 cm³/mol. The van der Waals surface area contributed by atoms with Crippen molar-refractivity contribution < 1.29 is 4.79 Å². The van der Waals surface area contributed by atoms with E-state index in [1.165, 1.54) is 23.1 Å². The van der Waals surface area contributed by atoms with E-state index in [2.05, 4.69) is 17.2 Å².